The van der Waals surface area contributed by atoms with E-state index in [4.69, 9.17) is 21.1 Å². The molecule has 7 heteroatoms. The fourth-order valence-corrected chi connectivity index (χ4v) is 3.66. The molecule has 0 radical (unpaired) electrons. The zero-order valence-corrected chi connectivity index (χ0v) is 17.6. The third kappa shape index (κ3) is 3.73. The number of nitrogens with one attached hydrogen (secondary N) is 1. The van der Waals surface area contributed by atoms with Crippen LogP contribution in [0.4, 0.5) is 11.4 Å². The normalized spacial score (nSPS) is 13.6. The number of nitrogens with zero attached hydrogens (tertiary/aromatic N) is 1. The Morgan fingerprint density at radius 3 is 2.19 bits per heavy atom. The van der Waals surface area contributed by atoms with E-state index in [1.807, 2.05) is 12.1 Å². The minimum Gasteiger partial charge on any atom is -0.496 e. The van der Waals surface area contributed by atoms with Gasteiger partial charge in [-0.05, 0) is 36.4 Å². The second kappa shape index (κ2) is 8.53. The number of imide groups is 1. The Balaban J connectivity index is 1.89. The van der Waals surface area contributed by atoms with E-state index in [0.717, 1.165) is 4.90 Å². The fraction of sp³-hybridized carbons (Fsp3) is 0.0833. The van der Waals surface area contributed by atoms with Gasteiger partial charge in [0.1, 0.15) is 17.2 Å². The molecule has 0 atom stereocenters. The summed E-state index contributed by atoms with van der Waals surface area (Å²) in [7, 11) is 3.05. The molecule has 3 aromatic carbocycles. The van der Waals surface area contributed by atoms with Crippen LogP contribution in [-0.2, 0) is 9.59 Å². The van der Waals surface area contributed by atoms with Gasteiger partial charge in [-0.2, -0.15) is 0 Å². The van der Waals surface area contributed by atoms with Gasteiger partial charge in [-0.25, -0.2) is 4.90 Å². The molecule has 0 spiro atoms. The summed E-state index contributed by atoms with van der Waals surface area (Å²) in [5.74, 6) is 0.0370. The molecular formula is C24H19ClN2O4. The van der Waals surface area contributed by atoms with E-state index in [1.165, 1.54) is 14.2 Å². The summed E-state index contributed by atoms with van der Waals surface area (Å²) in [4.78, 5) is 28.1. The second-order valence-corrected chi connectivity index (χ2v) is 7.14. The van der Waals surface area contributed by atoms with E-state index in [0.29, 0.717) is 33.5 Å². The quantitative estimate of drug-likeness (QED) is 0.567. The number of carbonyl (C=O) groups is 2. The molecule has 31 heavy (non-hydrogen) atoms. The van der Waals surface area contributed by atoms with Crippen LogP contribution in [0.2, 0.25) is 5.02 Å². The molecule has 2 amide bonds. The number of ether oxygens (including phenoxy) is 2. The van der Waals surface area contributed by atoms with Gasteiger partial charge in [0.15, 0.2) is 0 Å². The minimum absolute atomic E-state index is 0.124. The molecule has 3 aromatic rings. The number of rotatable bonds is 6. The van der Waals surface area contributed by atoms with Crippen molar-refractivity contribution in [2.45, 2.75) is 0 Å². The van der Waals surface area contributed by atoms with Crippen molar-refractivity contribution in [3.63, 3.8) is 0 Å². The molecule has 0 aromatic heterocycles. The third-order valence-electron chi connectivity index (χ3n) is 4.89. The van der Waals surface area contributed by atoms with Gasteiger partial charge in [-0.3, -0.25) is 9.59 Å². The lowest BCUT2D eigenvalue weighted by Gasteiger charge is -2.16. The minimum atomic E-state index is -0.501. The van der Waals surface area contributed by atoms with Crippen LogP contribution in [0.3, 0.4) is 0 Å². The predicted octanol–water partition coefficient (Wildman–Crippen LogP) is 4.75. The SMILES string of the molecule is COc1ccccc1NC1=C(c2ccccc2OC)C(=O)N(c2cccc(Cl)c2)C1=O. The van der Waals surface area contributed by atoms with Gasteiger partial charge in [0.25, 0.3) is 11.8 Å². The van der Waals surface area contributed by atoms with Crippen LogP contribution in [0, 0.1) is 0 Å². The largest absolute Gasteiger partial charge is 0.496 e. The molecule has 0 bridgehead atoms. The van der Waals surface area contributed by atoms with Crippen LogP contribution < -0.4 is 19.7 Å². The lowest BCUT2D eigenvalue weighted by molar-refractivity contribution is -0.120. The van der Waals surface area contributed by atoms with E-state index < -0.39 is 11.8 Å². The van der Waals surface area contributed by atoms with Crippen molar-refractivity contribution in [1.82, 2.24) is 0 Å². The summed E-state index contributed by atoms with van der Waals surface area (Å²) in [5.41, 5.74) is 1.77. The van der Waals surface area contributed by atoms with Gasteiger partial charge in [-0.1, -0.05) is 48.0 Å². The van der Waals surface area contributed by atoms with Crippen molar-refractivity contribution in [3.8, 4) is 11.5 Å². The number of hydrogen-bond acceptors (Lipinski definition) is 5. The number of methoxy groups -OCH3 is 2. The van der Waals surface area contributed by atoms with Crippen LogP contribution in [0.15, 0.2) is 78.5 Å². The summed E-state index contributed by atoms with van der Waals surface area (Å²) in [6, 6.07) is 20.8. The molecule has 6 nitrogen and oxygen atoms in total. The summed E-state index contributed by atoms with van der Waals surface area (Å²) < 4.78 is 10.8. The molecule has 1 N–H and O–H groups in total. The number of hydrogen-bond donors (Lipinski definition) is 1. The topological polar surface area (TPSA) is 67.9 Å². The molecule has 1 heterocycles. The van der Waals surface area contributed by atoms with E-state index >= 15 is 0 Å². The molecule has 0 unspecified atom stereocenters. The Bertz CT molecular complexity index is 1210. The van der Waals surface area contributed by atoms with Gasteiger partial charge >= 0.3 is 0 Å². The maximum Gasteiger partial charge on any atom is 0.282 e. The van der Waals surface area contributed by atoms with Crippen LogP contribution in [0.5, 0.6) is 11.5 Å². The predicted molar refractivity (Wildman–Crippen MR) is 120 cm³/mol. The van der Waals surface area contributed by atoms with E-state index in [2.05, 4.69) is 5.32 Å². The highest BCUT2D eigenvalue weighted by Crippen LogP contribution is 2.38. The Kier molecular flexibility index (Phi) is 5.64. The van der Waals surface area contributed by atoms with Crippen LogP contribution >= 0.6 is 11.6 Å². The number of amides is 2. The lowest BCUT2D eigenvalue weighted by Crippen LogP contribution is -2.32. The molecule has 156 valence electrons. The standard InChI is InChI=1S/C24H19ClN2O4/c1-30-19-12-5-3-10-17(19)21-22(26-18-11-4-6-13-20(18)31-2)24(29)27(23(21)28)16-9-7-8-15(25)14-16/h3-14,26H,1-2H3. The second-order valence-electron chi connectivity index (χ2n) is 6.70. The van der Waals surface area contributed by atoms with Crippen LogP contribution in [0.1, 0.15) is 5.56 Å². The Labute approximate surface area is 184 Å². The number of carbonyl (C=O) groups excluding carboxylic acids is 2. The third-order valence-corrected chi connectivity index (χ3v) is 5.13. The fourth-order valence-electron chi connectivity index (χ4n) is 3.48. The van der Waals surface area contributed by atoms with Gasteiger partial charge < -0.3 is 14.8 Å². The lowest BCUT2D eigenvalue weighted by atomic mass is 10.0. The number of para-hydroxylation sites is 3. The summed E-state index contributed by atoms with van der Waals surface area (Å²) in [6.07, 6.45) is 0. The average molecular weight is 435 g/mol. The maximum absolute atomic E-state index is 13.5. The zero-order chi connectivity index (χ0) is 22.0. The molecule has 4 rings (SSSR count). The highest BCUT2D eigenvalue weighted by atomic mass is 35.5. The van der Waals surface area contributed by atoms with Gasteiger partial charge in [0, 0.05) is 10.6 Å². The first kappa shape index (κ1) is 20.5. The Hall–Kier alpha value is -3.77. The number of anilines is 2. The van der Waals surface area contributed by atoms with Crippen molar-refractivity contribution < 1.29 is 19.1 Å². The first-order valence-corrected chi connectivity index (χ1v) is 9.85. The first-order valence-electron chi connectivity index (χ1n) is 9.47. The number of halogens is 1. The van der Waals surface area contributed by atoms with Crippen LogP contribution in [-0.4, -0.2) is 26.0 Å². The first-order chi connectivity index (χ1) is 15.0. The van der Waals surface area contributed by atoms with Crippen LogP contribution in [0.25, 0.3) is 5.57 Å². The van der Waals surface area contributed by atoms with E-state index in [1.54, 1.807) is 60.7 Å². The monoisotopic (exact) mass is 434 g/mol. The average Bonchev–Trinajstić information content (AvgIpc) is 3.03. The van der Waals surface area contributed by atoms with Crippen molar-refractivity contribution in [2.24, 2.45) is 0 Å². The van der Waals surface area contributed by atoms with Crippen molar-refractivity contribution in [1.29, 1.82) is 0 Å². The molecule has 0 fully saturated rings. The number of benzene rings is 3. The molecule has 0 aliphatic carbocycles. The molecule has 0 saturated carbocycles. The van der Waals surface area contributed by atoms with Crippen molar-refractivity contribution >= 4 is 40.4 Å². The van der Waals surface area contributed by atoms with E-state index in [9.17, 15) is 9.59 Å². The van der Waals surface area contributed by atoms with Crippen molar-refractivity contribution in [3.05, 3.63) is 89.1 Å². The van der Waals surface area contributed by atoms with Crippen molar-refractivity contribution in [2.75, 3.05) is 24.4 Å². The molecular weight excluding hydrogens is 416 g/mol. The van der Waals surface area contributed by atoms with Gasteiger partial charge in [-0.15, -0.1) is 0 Å². The van der Waals surface area contributed by atoms with Gasteiger partial charge in [0.05, 0.1) is 31.2 Å². The zero-order valence-electron chi connectivity index (χ0n) is 16.9. The Morgan fingerprint density at radius 2 is 1.48 bits per heavy atom. The molecule has 1 aliphatic heterocycles. The summed E-state index contributed by atoms with van der Waals surface area (Å²) in [5, 5.41) is 3.53. The molecule has 0 saturated heterocycles. The summed E-state index contributed by atoms with van der Waals surface area (Å²) >= 11 is 6.11. The summed E-state index contributed by atoms with van der Waals surface area (Å²) in [6.45, 7) is 0. The highest BCUT2D eigenvalue weighted by molar-refractivity contribution is 6.46. The smallest absolute Gasteiger partial charge is 0.282 e. The van der Waals surface area contributed by atoms with E-state index in [-0.39, 0.29) is 11.3 Å². The molecule has 1 aliphatic rings. The maximum atomic E-state index is 13.5. The van der Waals surface area contributed by atoms with Gasteiger partial charge in [0.2, 0.25) is 0 Å². The highest BCUT2D eigenvalue weighted by Gasteiger charge is 2.41. The Morgan fingerprint density at radius 1 is 0.806 bits per heavy atom.